The summed E-state index contributed by atoms with van der Waals surface area (Å²) < 4.78 is 5.15. The van der Waals surface area contributed by atoms with Gasteiger partial charge >= 0.3 is 5.97 Å². The molecule has 0 saturated carbocycles. The Bertz CT molecular complexity index is 1270. The topological polar surface area (TPSA) is 101 Å². The lowest BCUT2D eigenvalue weighted by Crippen LogP contribution is -2.30. The third-order valence-electron chi connectivity index (χ3n) is 6.64. The highest BCUT2D eigenvalue weighted by Gasteiger charge is 2.38. The number of fused-ring (bicyclic) bond motifs is 1. The first-order valence-corrected chi connectivity index (χ1v) is 12.3. The van der Waals surface area contributed by atoms with Gasteiger partial charge < -0.3 is 9.84 Å². The first kappa shape index (κ1) is 25.8. The summed E-state index contributed by atoms with van der Waals surface area (Å²) in [7, 11) is 1.63. The molecule has 1 N–H and O–H groups in total. The van der Waals surface area contributed by atoms with Crippen LogP contribution in [0.1, 0.15) is 64.8 Å². The monoisotopic (exact) mass is 499 g/mol. The SMILES string of the molecule is COc1ccc(/C=C/CCCCC(CC2=CC(N3C(=O)c4ccccc4C3=O)=CCC2=O)C(=O)O)cc1. The van der Waals surface area contributed by atoms with Crippen molar-refractivity contribution >= 4 is 29.6 Å². The number of carboxylic acids is 1. The number of Topliss-reactive ketones (excluding diaryl/α,β-unsaturated/α-hetero) is 1. The van der Waals surface area contributed by atoms with Gasteiger partial charge in [-0.1, -0.05) is 48.9 Å². The predicted molar refractivity (Wildman–Crippen MR) is 139 cm³/mol. The zero-order valence-electron chi connectivity index (χ0n) is 20.7. The van der Waals surface area contributed by atoms with Crippen molar-refractivity contribution in [1.82, 2.24) is 4.90 Å². The van der Waals surface area contributed by atoms with Gasteiger partial charge in [0.1, 0.15) is 5.75 Å². The lowest BCUT2D eigenvalue weighted by Gasteiger charge is -2.21. The van der Waals surface area contributed by atoms with E-state index in [1.165, 1.54) is 6.08 Å². The van der Waals surface area contributed by atoms with Crippen LogP contribution in [0.15, 0.2) is 78.0 Å². The molecule has 1 heterocycles. The Labute approximate surface area is 215 Å². The molecule has 0 saturated heterocycles. The molecule has 190 valence electrons. The lowest BCUT2D eigenvalue weighted by atomic mass is 9.88. The van der Waals surface area contributed by atoms with Crippen molar-refractivity contribution in [2.75, 3.05) is 7.11 Å². The lowest BCUT2D eigenvalue weighted by molar-refractivity contribution is -0.142. The number of amides is 2. The Morgan fingerprint density at radius 1 is 1.03 bits per heavy atom. The van der Waals surface area contributed by atoms with E-state index in [1.54, 1.807) is 37.5 Å². The highest BCUT2D eigenvalue weighted by Crippen LogP contribution is 2.31. The Balaban J connectivity index is 1.34. The summed E-state index contributed by atoms with van der Waals surface area (Å²) in [4.78, 5) is 51.2. The highest BCUT2D eigenvalue weighted by molar-refractivity contribution is 6.22. The normalized spacial score (nSPS) is 16.0. The molecule has 2 aliphatic rings. The van der Waals surface area contributed by atoms with Crippen LogP contribution in [0.4, 0.5) is 0 Å². The molecule has 0 spiro atoms. The number of carboxylic acid groups (broad SMARTS) is 1. The van der Waals surface area contributed by atoms with Crippen molar-refractivity contribution in [2.45, 2.75) is 38.5 Å². The van der Waals surface area contributed by atoms with Crippen LogP contribution in [0.25, 0.3) is 6.08 Å². The number of imide groups is 1. The van der Waals surface area contributed by atoms with E-state index in [0.29, 0.717) is 35.2 Å². The molecule has 0 aromatic heterocycles. The fraction of sp³-hybridized carbons (Fsp3) is 0.267. The minimum Gasteiger partial charge on any atom is -0.497 e. The van der Waals surface area contributed by atoms with E-state index in [4.69, 9.17) is 4.74 Å². The Morgan fingerprint density at radius 2 is 1.70 bits per heavy atom. The number of rotatable bonds is 11. The first-order valence-electron chi connectivity index (χ1n) is 12.3. The molecule has 1 aliphatic heterocycles. The molecule has 4 rings (SSSR count). The molecule has 1 atom stereocenters. The number of hydrogen-bond donors (Lipinski definition) is 1. The number of unbranched alkanes of at least 4 members (excludes halogenated alkanes) is 2. The number of ketones is 1. The summed E-state index contributed by atoms with van der Waals surface area (Å²) in [6.07, 6.45) is 9.99. The number of allylic oxidation sites excluding steroid dienone is 4. The minimum absolute atomic E-state index is 0.0249. The van der Waals surface area contributed by atoms with E-state index in [1.807, 2.05) is 30.3 Å². The van der Waals surface area contributed by atoms with Gasteiger partial charge in [-0.05, 0) is 67.2 Å². The van der Waals surface area contributed by atoms with Gasteiger partial charge in [0.2, 0.25) is 0 Å². The van der Waals surface area contributed by atoms with Gasteiger partial charge in [0.25, 0.3) is 11.8 Å². The average molecular weight is 500 g/mol. The number of ether oxygens (including phenoxy) is 1. The van der Waals surface area contributed by atoms with Gasteiger partial charge in [-0.2, -0.15) is 0 Å². The van der Waals surface area contributed by atoms with Crippen LogP contribution in [0.3, 0.4) is 0 Å². The van der Waals surface area contributed by atoms with E-state index in [9.17, 15) is 24.3 Å². The fourth-order valence-corrected chi connectivity index (χ4v) is 4.56. The zero-order valence-corrected chi connectivity index (χ0v) is 20.7. The summed E-state index contributed by atoms with van der Waals surface area (Å²) in [5.74, 6) is -1.94. The number of carbonyl (C=O) groups excluding carboxylic acids is 3. The third kappa shape index (κ3) is 5.94. The summed E-state index contributed by atoms with van der Waals surface area (Å²) in [6, 6.07) is 14.3. The highest BCUT2D eigenvalue weighted by atomic mass is 16.5. The van der Waals surface area contributed by atoms with Crippen molar-refractivity contribution in [3.8, 4) is 5.75 Å². The number of carbonyl (C=O) groups is 4. The standard InChI is InChI=1S/C30H29NO6/c1-37-24-15-12-20(13-16-24)8-4-2-3-5-9-21(30(35)36)18-22-19-23(14-17-27(22)32)31-28(33)25-10-6-7-11-26(25)29(31)34/h4,6-8,10-16,19,21H,2-3,5,9,17-18H2,1H3,(H,35,36)/b8-4+. The molecule has 2 aromatic carbocycles. The molecule has 2 amide bonds. The Kier molecular flexibility index (Phi) is 8.13. The van der Waals surface area contributed by atoms with Gasteiger partial charge in [0.05, 0.1) is 24.2 Å². The van der Waals surface area contributed by atoms with Crippen LogP contribution in [0.2, 0.25) is 0 Å². The molecule has 1 unspecified atom stereocenters. The van der Waals surface area contributed by atoms with Gasteiger partial charge in [-0.25, -0.2) is 4.90 Å². The van der Waals surface area contributed by atoms with Crippen molar-refractivity contribution in [1.29, 1.82) is 0 Å². The van der Waals surface area contributed by atoms with E-state index in [2.05, 4.69) is 6.08 Å². The second kappa shape index (κ2) is 11.6. The predicted octanol–water partition coefficient (Wildman–Crippen LogP) is 5.44. The van der Waals surface area contributed by atoms with Crippen LogP contribution in [0, 0.1) is 5.92 Å². The summed E-state index contributed by atoms with van der Waals surface area (Å²) in [6.45, 7) is 0. The maximum atomic E-state index is 12.8. The molecule has 0 bridgehead atoms. The van der Waals surface area contributed by atoms with Crippen LogP contribution in [0.5, 0.6) is 5.75 Å². The van der Waals surface area contributed by atoms with E-state index < -0.39 is 23.7 Å². The van der Waals surface area contributed by atoms with Gasteiger partial charge in [0, 0.05) is 12.1 Å². The molecule has 0 radical (unpaired) electrons. The van der Waals surface area contributed by atoms with Gasteiger partial charge in [-0.15, -0.1) is 0 Å². The van der Waals surface area contributed by atoms with Crippen LogP contribution >= 0.6 is 0 Å². The summed E-state index contributed by atoms with van der Waals surface area (Å²) in [5, 5.41) is 9.77. The minimum atomic E-state index is -0.959. The van der Waals surface area contributed by atoms with Crippen LogP contribution in [-0.4, -0.2) is 40.7 Å². The second-order valence-corrected chi connectivity index (χ2v) is 9.12. The maximum absolute atomic E-state index is 12.8. The maximum Gasteiger partial charge on any atom is 0.306 e. The molecule has 7 heteroatoms. The third-order valence-corrected chi connectivity index (χ3v) is 6.64. The number of hydrogen-bond acceptors (Lipinski definition) is 5. The van der Waals surface area contributed by atoms with Gasteiger partial charge in [-0.3, -0.25) is 19.2 Å². The van der Waals surface area contributed by atoms with Crippen LogP contribution < -0.4 is 4.74 Å². The average Bonchev–Trinajstić information content (AvgIpc) is 3.16. The smallest absolute Gasteiger partial charge is 0.306 e. The number of methoxy groups -OCH3 is 1. The number of aliphatic carboxylic acids is 1. The number of benzene rings is 2. The Morgan fingerprint density at radius 3 is 2.32 bits per heavy atom. The molecule has 0 fully saturated rings. The van der Waals surface area contributed by atoms with Crippen molar-refractivity contribution in [3.05, 3.63) is 94.7 Å². The van der Waals surface area contributed by atoms with E-state index in [0.717, 1.165) is 29.1 Å². The van der Waals surface area contributed by atoms with Gasteiger partial charge in [0.15, 0.2) is 5.78 Å². The first-order chi connectivity index (χ1) is 17.9. The van der Waals surface area contributed by atoms with Crippen molar-refractivity contribution in [3.63, 3.8) is 0 Å². The zero-order chi connectivity index (χ0) is 26.4. The van der Waals surface area contributed by atoms with Crippen molar-refractivity contribution in [2.24, 2.45) is 5.92 Å². The molecular formula is C30H29NO6. The van der Waals surface area contributed by atoms with E-state index >= 15 is 0 Å². The number of nitrogens with zero attached hydrogens (tertiary/aromatic N) is 1. The molecule has 2 aromatic rings. The van der Waals surface area contributed by atoms with Crippen molar-refractivity contribution < 1.29 is 29.0 Å². The molecule has 37 heavy (non-hydrogen) atoms. The Hall–Kier alpha value is -4.26. The quantitative estimate of drug-likeness (QED) is 0.326. The van der Waals surface area contributed by atoms with E-state index in [-0.39, 0.29) is 18.6 Å². The summed E-state index contributed by atoms with van der Waals surface area (Å²) >= 11 is 0. The summed E-state index contributed by atoms with van der Waals surface area (Å²) in [5.41, 5.74) is 2.37. The second-order valence-electron chi connectivity index (χ2n) is 9.12. The fourth-order valence-electron chi connectivity index (χ4n) is 4.56. The van der Waals surface area contributed by atoms with Crippen LogP contribution in [-0.2, 0) is 9.59 Å². The molecular weight excluding hydrogens is 470 g/mol. The molecule has 1 aliphatic carbocycles. The molecule has 7 nitrogen and oxygen atoms in total. The largest absolute Gasteiger partial charge is 0.497 e.